The maximum atomic E-state index is 6.26. The van der Waals surface area contributed by atoms with E-state index in [-0.39, 0.29) is 0 Å². The Balaban J connectivity index is 0.000000956. The first-order chi connectivity index (χ1) is 9.54. The first kappa shape index (κ1) is 16.3. The van der Waals surface area contributed by atoms with Crippen LogP contribution in [-0.2, 0) is 6.42 Å². The molecule has 0 atom stereocenters. The van der Waals surface area contributed by atoms with E-state index < -0.39 is 0 Å². The average molecular weight is 289 g/mol. The highest BCUT2D eigenvalue weighted by atomic mass is 35.5. The minimum atomic E-state index is 0.682. The Bertz CT molecular complexity index is 586. The van der Waals surface area contributed by atoms with Crippen molar-refractivity contribution >= 4 is 17.3 Å². The van der Waals surface area contributed by atoms with Crippen molar-refractivity contribution in [1.82, 2.24) is 4.98 Å². The van der Waals surface area contributed by atoms with Crippen molar-refractivity contribution in [2.75, 3.05) is 5.73 Å². The smallest absolute Gasteiger partial charge is 0.0670 e. The molecule has 0 aliphatic heterocycles. The van der Waals surface area contributed by atoms with E-state index in [1.165, 1.54) is 0 Å². The predicted molar refractivity (Wildman–Crippen MR) is 89.2 cm³/mol. The number of aryl methyl sites for hydroxylation is 3. The highest BCUT2D eigenvalue weighted by molar-refractivity contribution is 6.33. The fourth-order valence-electron chi connectivity index (χ4n) is 2.21. The maximum absolute atomic E-state index is 6.26. The lowest BCUT2D eigenvalue weighted by Gasteiger charge is -2.13. The summed E-state index contributed by atoms with van der Waals surface area (Å²) in [6.45, 7) is 12.2. The van der Waals surface area contributed by atoms with Gasteiger partial charge in [0.05, 0.1) is 5.02 Å². The van der Waals surface area contributed by atoms with Crippen LogP contribution in [0.15, 0.2) is 37.7 Å². The zero-order valence-electron chi connectivity index (χ0n) is 12.3. The monoisotopic (exact) mass is 288 g/mol. The summed E-state index contributed by atoms with van der Waals surface area (Å²) in [4.78, 5) is 4.10. The lowest BCUT2D eigenvalue weighted by Crippen LogP contribution is -1.98. The van der Waals surface area contributed by atoms with E-state index in [1.54, 1.807) is 6.20 Å². The topological polar surface area (TPSA) is 38.9 Å². The van der Waals surface area contributed by atoms with E-state index in [1.807, 2.05) is 20.0 Å². The molecule has 2 rings (SSSR count). The van der Waals surface area contributed by atoms with Crippen molar-refractivity contribution < 1.29 is 0 Å². The summed E-state index contributed by atoms with van der Waals surface area (Å²) < 4.78 is 0. The molecule has 106 valence electrons. The minimum Gasteiger partial charge on any atom is -0.398 e. The van der Waals surface area contributed by atoms with Crippen LogP contribution in [0.4, 0.5) is 5.69 Å². The molecule has 2 nitrogen and oxygen atoms in total. The summed E-state index contributed by atoms with van der Waals surface area (Å²) in [6, 6.07) is 4.21. The lowest BCUT2D eigenvalue weighted by atomic mass is 9.96. The van der Waals surface area contributed by atoms with Gasteiger partial charge in [-0.3, -0.25) is 4.98 Å². The van der Waals surface area contributed by atoms with Gasteiger partial charge in [-0.25, -0.2) is 0 Å². The third-order valence-corrected chi connectivity index (χ3v) is 3.52. The molecule has 1 heterocycles. The molecule has 0 radical (unpaired) electrons. The number of anilines is 1. The summed E-state index contributed by atoms with van der Waals surface area (Å²) in [6.07, 6.45) is 4.43. The Labute approximate surface area is 126 Å². The zero-order chi connectivity index (χ0) is 15.3. The van der Waals surface area contributed by atoms with E-state index in [9.17, 15) is 0 Å². The summed E-state index contributed by atoms with van der Waals surface area (Å²) in [7, 11) is 0. The molecular formula is C17H21ClN2. The van der Waals surface area contributed by atoms with Crippen LogP contribution < -0.4 is 5.73 Å². The van der Waals surface area contributed by atoms with Crippen molar-refractivity contribution in [2.45, 2.75) is 27.2 Å². The van der Waals surface area contributed by atoms with Crippen LogP contribution in [0, 0.1) is 13.8 Å². The van der Waals surface area contributed by atoms with Crippen LogP contribution in [0.2, 0.25) is 5.02 Å². The van der Waals surface area contributed by atoms with E-state index in [4.69, 9.17) is 17.3 Å². The SMILES string of the molecule is C=C.CCc1cc(-c2c(C)cncc2Cl)cc(C)c1N. The van der Waals surface area contributed by atoms with Crippen LogP contribution >= 0.6 is 11.6 Å². The summed E-state index contributed by atoms with van der Waals surface area (Å²) in [5.41, 5.74) is 12.4. The second-order valence-corrected chi connectivity index (χ2v) is 4.94. The quantitative estimate of drug-likeness (QED) is 0.626. The van der Waals surface area contributed by atoms with Gasteiger partial charge >= 0.3 is 0 Å². The van der Waals surface area contributed by atoms with Gasteiger partial charge in [-0.05, 0) is 54.7 Å². The number of halogens is 1. The molecule has 0 spiro atoms. The van der Waals surface area contributed by atoms with Crippen molar-refractivity contribution in [3.8, 4) is 11.1 Å². The van der Waals surface area contributed by atoms with Crippen LogP contribution in [0.25, 0.3) is 11.1 Å². The molecule has 0 saturated carbocycles. The molecule has 0 aliphatic rings. The first-order valence-electron chi connectivity index (χ1n) is 6.54. The number of nitrogen functional groups attached to an aromatic ring is 1. The molecule has 3 heteroatoms. The van der Waals surface area contributed by atoms with Gasteiger partial charge in [0, 0.05) is 23.6 Å². The third-order valence-electron chi connectivity index (χ3n) is 3.23. The van der Waals surface area contributed by atoms with Crippen LogP contribution in [0.1, 0.15) is 23.6 Å². The van der Waals surface area contributed by atoms with Gasteiger partial charge in [0.15, 0.2) is 0 Å². The zero-order valence-corrected chi connectivity index (χ0v) is 13.1. The number of nitrogens with zero attached hydrogens (tertiary/aromatic N) is 1. The van der Waals surface area contributed by atoms with E-state index in [0.29, 0.717) is 5.02 Å². The summed E-state index contributed by atoms with van der Waals surface area (Å²) in [5.74, 6) is 0. The number of rotatable bonds is 2. The van der Waals surface area contributed by atoms with Gasteiger partial charge in [0.2, 0.25) is 0 Å². The molecule has 0 saturated heterocycles. The number of hydrogen-bond acceptors (Lipinski definition) is 2. The van der Waals surface area contributed by atoms with Crippen molar-refractivity contribution in [3.63, 3.8) is 0 Å². The molecule has 0 bridgehead atoms. The van der Waals surface area contributed by atoms with Crippen molar-refractivity contribution in [3.05, 3.63) is 59.4 Å². The lowest BCUT2D eigenvalue weighted by molar-refractivity contribution is 1.14. The minimum absolute atomic E-state index is 0.682. The molecule has 2 N–H and O–H groups in total. The maximum Gasteiger partial charge on any atom is 0.0670 e. The summed E-state index contributed by atoms with van der Waals surface area (Å²) >= 11 is 6.26. The molecule has 20 heavy (non-hydrogen) atoms. The largest absolute Gasteiger partial charge is 0.398 e. The second kappa shape index (κ2) is 7.11. The van der Waals surface area contributed by atoms with Gasteiger partial charge < -0.3 is 5.73 Å². The predicted octanol–water partition coefficient (Wildman–Crippen LogP) is 4.97. The molecule has 0 amide bonds. The number of nitrogens with two attached hydrogens (primary N) is 1. The van der Waals surface area contributed by atoms with E-state index >= 15 is 0 Å². The van der Waals surface area contributed by atoms with Crippen molar-refractivity contribution in [1.29, 1.82) is 0 Å². The molecule has 1 aromatic heterocycles. The molecule has 0 fully saturated rings. The molecule has 1 aromatic carbocycles. The standard InChI is InChI=1S/C15H17ClN2.C2H4/c1-4-11-6-12(5-9(2)15(11)17)14-10(3)7-18-8-13(14)16;1-2/h5-8H,4,17H2,1-3H3;1-2H2. The Morgan fingerprint density at radius 3 is 2.35 bits per heavy atom. The van der Waals surface area contributed by atoms with Crippen LogP contribution in [0.3, 0.4) is 0 Å². The normalized spacial score (nSPS) is 9.80. The van der Waals surface area contributed by atoms with E-state index in [0.717, 1.165) is 39.9 Å². The van der Waals surface area contributed by atoms with Gasteiger partial charge in [0.25, 0.3) is 0 Å². The molecular weight excluding hydrogens is 268 g/mol. The Kier molecular flexibility index (Phi) is 5.78. The van der Waals surface area contributed by atoms with Crippen LogP contribution in [-0.4, -0.2) is 4.98 Å². The second-order valence-electron chi connectivity index (χ2n) is 4.53. The summed E-state index contributed by atoms with van der Waals surface area (Å²) in [5, 5.41) is 0.682. The Morgan fingerprint density at radius 2 is 1.80 bits per heavy atom. The number of aromatic nitrogens is 1. The Hall–Kier alpha value is -1.80. The molecule has 0 unspecified atom stereocenters. The fourth-order valence-corrected chi connectivity index (χ4v) is 2.52. The van der Waals surface area contributed by atoms with Gasteiger partial charge in [-0.15, -0.1) is 13.2 Å². The molecule has 0 aliphatic carbocycles. The first-order valence-corrected chi connectivity index (χ1v) is 6.91. The highest BCUT2D eigenvalue weighted by Crippen LogP contribution is 2.33. The van der Waals surface area contributed by atoms with Gasteiger partial charge in [0.1, 0.15) is 0 Å². The Morgan fingerprint density at radius 1 is 1.15 bits per heavy atom. The number of pyridine rings is 1. The molecule has 2 aromatic rings. The number of benzene rings is 1. The van der Waals surface area contributed by atoms with Gasteiger partial charge in [-0.1, -0.05) is 18.5 Å². The number of hydrogen-bond donors (Lipinski definition) is 1. The highest BCUT2D eigenvalue weighted by Gasteiger charge is 2.11. The van der Waals surface area contributed by atoms with E-state index in [2.05, 4.69) is 37.2 Å². The third kappa shape index (κ3) is 3.20. The van der Waals surface area contributed by atoms with Crippen LogP contribution in [0.5, 0.6) is 0 Å². The average Bonchev–Trinajstić information content (AvgIpc) is 2.44. The van der Waals surface area contributed by atoms with Gasteiger partial charge in [-0.2, -0.15) is 0 Å². The fraction of sp³-hybridized carbons (Fsp3) is 0.235. The van der Waals surface area contributed by atoms with Crippen molar-refractivity contribution in [2.24, 2.45) is 0 Å².